The summed E-state index contributed by atoms with van der Waals surface area (Å²) >= 11 is 0. The van der Waals surface area contributed by atoms with Gasteiger partial charge in [0.15, 0.2) is 5.58 Å². The third-order valence-corrected chi connectivity index (χ3v) is 11.2. The van der Waals surface area contributed by atoms with Crippen LogP contribution in [0.5, 0.6) is 0 Å². The first-order valence-corrected chi connectivity index (χ1v) is 17.0. The van der Waals surface area contributed by atoms with Gasteiger partial charge in [-0.05, 0) is 80.2 Å². The Morgan fingerprint density at radius 3 is 1.92 bits per heavy atom. The minimum absolute atomic E-state index is 0.0950. The highest BCUT2D eigenvalue weighted by molar-refractivity contribution is 6.14. The Labute approximate surface area is 280 Å². The lowest BCUT2D eigenvalue weighted by Crippen LogP contribution is -2.24. The lowest BCUT2D eigenvalue weighted by molar-refractivity contribution is 0.601. The Bertz CT molecular complexity index is 2620. The standard InChI is InChI=1S/C46H35NO/c1-45(2)36-22-12-10-17-29(36)33-25-26-35-41-32-20-9-8-18-30(32)39(27-37(41)46(3,4)43(35)42(33)45)47(28-15-6-5-7-16-28)38-23-14-21-34-31-19-11-13-24-40(31)48-44(34)38/h5-27H,1-4H3. The molecule has 0 atom stereocenters. The van der Waals surface area contributed by atoms with Crippen molar-refractivity contribution in [1.82, 2.24) is 0 Å². The maximum atomic E-state index is 6.67. The molecule has 230 valence electrons. The van der Waals surface area contributed by atoms with Crippen molar-refractivity contribution in [3.8, 4) is 22.3 Å². The van der Waals surface area contributed by atoms with Crippen LogP contribution in [0, 0.1) is 0 Å². The molecule has 1 aromatic heterocycles. The van der Waals surface area contributed by atoms with Crippen LogP contribution in [0.1, 0.15) is 49.9 Å². The molecule has 0 N–H and O–H groups in total. The number of hydrogen-bond donors (Lipinski definition) is 0. The monoisotopic (exact) mass is 617 g/mol. The molecule has 8 aromatic rings. The average molecular weight is 618 g/mol. The number of hydrogen-bond acceptors (Lipinski definition) is 2. The van der Waals surface area contributed by atoms with Crippen LogP contribution in [-0.2, 0) is 10.8 Å². The fourth-order valence-corrected chi connectivity index (χ4v) is 9.08. The van der Waals surface area contributed by atoms with Crippen molar-refractivity contribution >= 4 is 49.8 Å². The van der Waals surface area contributed by atoms with Gasteiger partial charge in [-0.1, -0.05) is 137 Å². The van der Waals surface area contributed by atoms with Gasteiger partial charge in [0.2, 0.25) is 0 Å². The molecule has 48 heavy (non-hydrogen) atoms. The van der Waals surface area contributed by atoms with E-state index in [0.29, 0.717) is 0 Å². The molecule has 0 fully saturated rings. The van der Waals surface area contributed by atoms with Crippen molar-refractivity contribution in [3.05, 3.63) is 162 Å². The van der Waals surface area contributed by atoms with E-state index in [1.165, 1.54) is 55.3 Å². The molecule has 0 bridgehead atoms. The molecule has 2 nitrogen and oxygen atoms in total. The number of furan rings is 1. The zero-order valence-corrected chi connectivity index (χ0v) is 27.6. The Kier molecular flexibility index (Phi) is 5.44. The SMILES string of the molecule is CC1(C)c2ccccc2-c2ccc3c(c21)C(C)(C)c1cc(N(c2ccccc2)c2cccc4c2oc2ccccc24)c2ccccc2c1-3. The highest BCUT2D eigenvalue weighted by Gasteiger charge is 2.46. The van der Waals surface area contributed by atoms with Gasteiger partial charge in [0.25, 0.3) is 0 Å². The van der Waals surface area contributed by atoms with Gasteiger partial charge in [0.05, 0.1) is 11.4 Å². The smallest absolute Gasteiger partial charge is 0.159 e. The van der Waals surface area contributed by atoms with E-state index in [-0.39, 0.29) is 10.8 Å². The predicted octanol–water partition coefficient (Wildman–Crippen LogP) is 12.8. The molecule has 0 saturated carbocycles. The van der Waals surface area contributed by atoms with E-state index in [1.54, 1.807) is 0 Å². The number of benzene rings is 7. The molecule has 0 radical (unpaired) electrons. The number of para-hydroxylation sites is 3. The Balaban J connectivity index is 1.29. The van der Waals surface area contributed by atoms with Crippen LogP contribution in [-0.4, -0.2) is 0 Å². The van der Waals surface area contributed by atoms with Crippen LogP contribution in [0.2, 0.25) is 0 Å². The van der Waals surface area contributed by atoms with Crippen molar-refractivity contribution in [1.29, 1.82) is 0 Å². The highest BCUT2D eigenvalue weighted by atomic mass is 16.3. The summed E-state index contributed by atoms with van der Waals surface area (Å²) in [5.41, 5.74) is 16.0. The lowest BCUT2D eigenvalue weighted by atomic mass is 9.72. The van der Waals surface area contributed by atoms with Gasteiger partial charge in [0, 0.05) is 32.7 Å². The van der Waals surface area contributed by atoms with Crippen molar-refractivity contribution < 1.29 is 4.42 Å². The van der Waals surface area contributed by atoms with Gasteiger partial charge in [-0.2, -0.15) is 0 Å². The molecule has 0 amide bonds. The Morgan fingerprint density at radius 1 is 0.458 bits per heavy atom. The van der Waals surface area contributed by atoms with Gasteiger partial charge in [-0.15, -0.1) is 0 Å². The molecule has 1 heterocycles. The van der Waals surface area contributed by atoms with Gasteiger partial charge >= 0.3 is 0 Å². The second kappa shape index (κ2) is 9.49. The second-order valence-electron chi connectivity index (χ2n) is 14.5. The number of nitrogens with zero attached hydrogens (tertiary/aromatic N) is 1. The first-order chi connectivity index (χ1) is 23.4. The molecule has 0 aliphatic heterocycles. The van der Waals surface area contributed by atoms with Crippen LogP contribution in [0.4, 0.5) is 17.1 Å². The van der Waals surface area contributed by atoms with Gasteiger partial charge in [-0.3, -0.25) is 0 Å². The zero-order valence-electron chi connectivity index (χ0n) is 27.6. The second-order valence-corrected chi connectivity index (χ2v) is 14.5. The maximum Gasteiger partial charge on any atom is 0.159 e. The normalized spacial score (nSPS) is 15.0. The quantitative estimate of drug-likeness (QED) is 0.196. The van der Waals surface area contributed by atoms with Crippen molar-refractivity contribution in [2.24, 2.45) is 0 Å². The number of rotatable bonds is 3. The maximum absolute atomic E-state index is 6.67. The highest BCUT2D eigenvalue weighted by Crippen LogP contribution is 2.61. The van der Waals surface area contributed by atoms with E-state index in [2.05, 4.69) is 166 Å². The molecule has 0 spiro atoms. The van der Waals surface area contributed by atoms with E-state index >= 15 is 0 Å². The molecule has 0 unspecified atom stereocenters. The van der Waals surface area contributed by atoms with Crippen LogP contribution in [0.15, 0.2) is 144 Å². The summed E-state index contributed by atoms with van der Waals surface area (Å²) < 4.78 is 6.67. The number of fused-ring (bicyclic) bond motifs is 12. The summed E-state index contributed by atoms with van der Waals surface area (Å²) in [4.78, 5) is 2.41. The summed E-state index contributed by atoms with van der Waals surface area (Å²) in [6.45, 7) is 9.68. The third kappa shape index (κ3) is 3.47. The first-order valence-electron chi connectivity index (χ1n) is 17.0. The van der Waals surface area contributed by atoms with Crippen LogP contribution >= 0.6 is 0 Å². The van der Waals surface area contributed by atoms with E-state index in [9.17, 15) is 0 Å². The van der Waals surface area contributed by atoms with E-state index < -0.39 is 0 Å². The molecule has 2 aliphatic carbocycles. The fraction of sp³-hybridized carbons (Fsp3) is 0.130. The lowest BCUT2D eigenvalue weighted by Gasteiger charge is -2.32. The van der Waals surface area contributed by atoms with Crippen molar-refractivity contribution in [2.45, 2.75) is 38.5 Å². The van der Waals surface area contributed by atoms with E-state index in [0.717, 1.165) is 39.0 Å². The number of anilines is 3. The molecule has 0 saturated heterocycles. The first kappa shape index (κ1) is 27.5. The molecule has 7 aromatic carbocycles. The summed E-state index contributed by atoms with van der Waals surface area (Å²) in [5, 5.41) is 4.76. The van der Waals surface area contributed by atoms with Crippen molar-refractivity contribution in [3.63, 3.8) is 0 Å². The Hall–Kier alpha value is -5.60. The average Bonchev–Trinajstić information content (AvgIpc) is 3.69. The van der Waals surface area contributed by atoms with Gasteiger partial charge < -0.3 is 9.32 Å². The summed E-state index contributed by atoms with van der Waals surface area (Å²) in [7, 11) is 0. The van der Waals surface area contributed by atoms with Crippen LogP contribution in [0.25, 0.3) is 55.0 Å². The van der Waals surface area contributed by atoms with Gasteiger partial charge in [0.1, 0.15) is 5.58 Å². The minimum Gasteiger partial charge on any atom is -0.454 e. The van der Waals surface area contributed by atoms with E-state index in [1.807, 2.05) is 6.07 Å². The molecular weight excluding hydrogens is 583 g/mol. The molecule has 2 aliphatic rings. The van der Waals surface area contributed by atoms with Gasteiger partial charge in [-0.25, -0.2) is 0 Å². The minimum atomic E-state index is -0.220. The Morgan fingerprint density at radius 2 is 1.08 bits per heavy atom. The predicted molar refractivity (Wildman–Crippen MR) is 201 cm³/mol. The van der Waals surface area contributed by atoms with E-state index in [4.69, 9.17) is 4.42 Å². The van der Waals surface area contributed by atoms with Crippen molar-refractivity contribution in [2.75, 3.05) is 4.90 Å². The molecule has 2 heteroatoms. The topological polar surface area (TPSA) is 16.4 Å². The van der Waals surface area contributed by atoms with Crippen LogP contribution < -0.4 is 4.90 Å². The fourth-order valence-electron chi connectivity index (χ4n) is 9.08. The third-order valence-electron chi connectivity index (χ3n) is 11.2. The molecular formula is C46H35NO. The zero-order chi connectivity index (χ0) is 32.4. The summed E-state index contributed by atoms with van der Waals surface area (Å²) in [6, 6.07) is 50.9. The summed E-state index contributed by atoms with van der Waals surface area (Å²) in [5.74, 6) is 0. The largest absolute Gasteiger partial charge is 0.454 e. The van der Waals surface area contributed by atoms with Crippen LogP contribution in [0.3, 0.4) is 0 Å². The summed E-state index contributed by atoms with van der Waals surface area (Å²) in [6.07, 6.45) is 0. The molecule has 10 rings (SSSR count).